The quantitative estimate of drug-likeness (QED) is 0.656. The van der Waals surface area contributed by atoms with E-state index >= 15 is 0 Å². The molecule has 1 amide bonds. The molecule has 0 bridgehead atoms. The number of amides is 1. The van der Waals surface area contributed by atoms with E-state index in [0.29, 0.717) is 29.8 Å². The van der Waals surface area contributed by atoms with Gasteiger partial charge in [-0.2, -0.15) is 0 Å². The van der Waals surface area contributed by atoms with Crippen LogP contribution >= 0.6 is 11.8 Å². The van der Waals surface area contributed by atoms with Crippen molar-refractivity contribution < 1.29 is 13.6 Å². The first-order valence-corrected chi connectivity index (χ1v) is 8.77. The second kappa shape index (κ2) is 7.98. The summed E-state index contributed by atoms with van der Waals surface area (Å²) >= 11 is 1.31. The van der Waals surface area contributed by atoms with E-state index in [1.807, 2.05) is 17.6 Å². The van der Waals surface area contributed by atoms with Crippen LogP contribution in [0.15, 0.2) is 52.2 Å². The van der Waals surface area contributed by atoms with Gasteiger partial charge in [0.1, 0.15) is 5.82 Å². The van der Waals surface area contributed by atoms with Crippen molar-refractivity contribution in [1.29, 1.82) is 0 Å². The molecule has 1 N–H and O–H groups in total. The highest BCUT2D eigenvalue weighted by Gasteiger charge is 2.16. The number of benzene rings is 1. The Labute approximate surface area is 148 Å². The average Bonchev–Trinajstić information content (AvgIpc) is 3.28. The first-order chi connectivity index (χ1) is 12.2. The van der Waals surface area contributed by atoms with Crippen LogP contribution < -0.4 is 5.32 Å². The summed E-state index contributed by atoms with van der Waals surface area (Å²) in [5, 5.41) is 11.7. The van der Waals surface area contributed by atoms with E-state index in [2.05, 4.69) is 15.5 Å². The highest BCUT2D eigenvalue weighted by atomic mass is 32.2. The third kappa shape index (κ3) is 4.27. The van der Waals surface area contributed by atoms with E-state index in [1.54, 1.807) is 24.5 Å². The van der Waals surface area contributed by atoms with E-state index in [-0.39, 0.29) is 17.5 Å². The van der Waals surface area contributed by atoms with E-state index < -0.39 is 0 Å². The number of carbonyl (C=O) groups is 1. The van der Waals surface area contributed by atoms with Crippen LogP contribution in [0, 0.1) is 5.82 Å². The van der Waals surface area contributed by atoms with Crippen LogP contribution in [0.2, 0.25) is 0 Å². The van der Waals surface area contributed by atoms with Crippen molar-refractivity contribution in [3.63, 3.8) is 0 Å². The van der Waals surface area contributed by atoms with Crippen LogP contribution in [0.4, 0.5) is 4.39 Å². The Morgan fingerprint density at radius 2 is 2.08 bits per heavy atom. The number of hydrogen-bond donors (Lipinski definition) is 1. The highest BCUT2D eigenvalue weighted by Crippen LogP contribution is 2.24. The Morgan fingerprint density at radius 3 is 2.76 bits per heavy atom. The lowest BCUT2D eigenvalue weighted by molar-refractivity contribution is -0.118. The number of rotatable bonds is 7. The molecule has 0 aliphatic carbocycles. The molecule has 1 aromatic carbocycles. The maximum absolute atomic E-state index is 12.9. The first-order valence-electron chi connectivity index (χ1n) is 7.78. The van der Waals surface area contributed by atoms with E-state index in [4.69, 9.17) is 4.42 Å². The summed E-state index contributed by atoms with van der Waals surface area (Å²) in [5.74, 6) is 1.08. The third-order valence-corrected chi connectivity index (χ3v) is 4.48. The number of nitrogens with zero attached hydrogens (tertiary/aromatic N) is 3. The van der Waals surface area contributed by atoms with Crippen molar-refractivity contribution in [1.82, 2.24) is 20.1 Å². The van der Waals surface area contributed by atoms with Gasteiger partial charge in [-0.25, -0.2) is 4.39 Å². The van der Waals surface area contributed by atoms with E-state index in [0.717, 1.165) is 5.56 Å². The van der Waals surface area contributed by atoms with Gasteiger partial charge in [0, 0.05) is 13.1 Å². The minimum Gasteiger partial charge on any atom is -0.461 e. The summed E-state index contributed by atoms with van der Waals surface area (Å²) in [6.45, 7) is 3.01. The normalized spacial score (nSPS) is 10.8. The standard InChI is InChI=1S/C17H17FN4O2S/c1-2-22-16(14-4-3-9-24-14)20-21-17(22)25-11-15(23)19-10-12-5-7-13(18)8-6-12/h3-9H,2,10-11H2,1H3,(H,19,23). The van der Waals surface area contributed by atoms with Crippen molar-refractivity contribution in [3.05, 3.63) is 54.0 Å². The molecular formula is C17H17FN4O2S. The summed E-state index contributed by atoms with van der Waals surface area (Å²) in [7, 11) is 0. The predicted molar refractivity (Wildman–Crippen MR) is 92.4 cm³/mol. The Balaban J connectivity index is 1.56. The van der Waals surface area contributed by atoms with Crippen LogP contribution in [-0.4, -0.2) is 26.4 Å². The molecule has 0 aliphatic rings. The molecule has 8 heteroatoms. The van der Waals surface area contributed by atoms with Gasteiger partial charge < -0.3 is 9.73 Å². The Kier molecular flexibility index (Phi) is 5.49. The van der Waals surface area contributed by atoms with Gasteiger partial charge in [-0.05, 0) is 36.8 Å². The second-order valence-electron chi connectivity index (χ2n) is 5.22. The molecule has 0 aliphatic heterocycles. The van der Waals surface area contributed by atoms with Gasteiger partial charge in [-0.1, -0.05) is 23.9 Å². The lowest BCUT2D eigenvalue weighted by atomic mass is 10.2. The van der Waals surface area contributed by atoms with Gasteiger partial charge in [0.25, 0.3) is 0 Å². The molecule has 0 fully saturated rings. The van der Waals surface area contributed by atoms with Gasteiger partial charge in [0.05, 0.1) is 12.0 Å². The third-order valence-electron chi connectivity index (χ3n) is 3.51. The minimum atomic E-state index is -0.295. The largest absolute Gasteiger partial charge is 0.461 e. The summed E-state index contributed by atoms with van der Waals surface area (Å²) in [4.78, 5) is 12.0. The fourth-order valence-electron chi connectivity index (χ4n) is 2.25. The van der Waals surface area contributed by atoms with Crippen LogP contribution in [0.5, 0.6) is 0 Å². The lowest BCUT2D eigenvalue weighted by Gasteiger charge is -2.07. The van der Waals surface area contributed by atoms with Gasteiger partial charge >= 0.3 is 0 Å². The zero-order valence-corrected chi connectivity index (χ0v) is 14.4. The van der Waals surface area contributed by atoms with Gasteiger partial charge in [-0.3, -0.25) is 9.36 Å². The SMILES string of the molecule is CCn1c(SCC(=O)NCc2ccc(F)cc2)nnc1-c1ccco1. The molecule has 3 rings (SSSR count). The molecule has 25 heavy (non-hydrogen) atoms. The van der Waals surface area contributed by atoms with E-state index in [1.165, 1.54) is 23.9 Å². The zero-order chi connectivity index (χ0) is 17.6. The summed E-state index contributed by atoms with van der Waals surface area (Å²) in [6, 6.07) is 9.64. The molecule has 130 valence electrons. The topological polar surface area (TPSA) is 73.0 Å². The Hall–Kier alpha value is -2.61. The number of furan rings is 1. The zero-order valence-electron chi connectivity index (χ0n) is 13.6. The highest BCUT2D eigenvalue weighted by molar-refractivity contribution is 7.99. The van der Waals surface area contributed by atoms with Crippen molar-refractivity contribution in [3.8, 4) is 11.6 Å². The maximum atomic E-state index is 12.9. The monoisotopic (exact) mass is 360 g/mol. The molecule has 3 aromatic rings. The maximum Gasteiger partial charge on any atom is 0.230 e. The van der Waals surface area contributed by atoms with Gasteiger partial charge in [0.15, 0.2) is 16.7 Å². The summed E-state index contributed by atoms with van der Waals surface area (Å²) < 4.78 is 20.1. The summed E-state index contributed by atoms with van der Waals surface area (Å²) in [5.41, 5.74) is 0.844. The molecule has 2 aromatic heterocycles. The van der Waals surface area contributed by atoms with Crippen LogP contribution in [0.3, 0.4) is 0 Å². The van der Waals surface area contributed by atoms with E-state index in [9.17, 15) is 9.18 Å². The van der Waals surface area contributed by atoms with Gasteiger partial charge in [-0.15, -0.1) is 10.2 Å². The summed E-state index contributed by atoms with van der Waals surface area (Å²) in [6.07, 6.45) is 1.58. The number of carbonyl (C=O) groups excluding carboxylic acids is 1. The fraction of sp³-hybridized carbons (Fsp3) is 0.235. The fourth-order valence-corrected chi connectivity index (χ4v) is 3.08. The van der Waals surface area contributed by atoms with Crippen molar-refractivity contribution in [2.24, 2.45) is 0 Å². The van der Waals surface area contributed by atoms with Crippen molar-refractivity contribution in [2.45, 2.75) is 25.2 Å². The number of thioether (sulfide) groups is 1. The average molecular weight is 360 g/mol. The Morgan fingerprint density at radius 1 is 1.28 bits per heavy atom. The predicted octanol–water partition coefficient (Wildman–Crippen LogP) is 3.11. The molecule has 6 nitrogen and oxygen atoms in total. The van der Waals surface area contributed by atoms with Crippen LogP contribution in [0.1, 0.15) is 12.5 Å². The van der Waals surface area contributed by atoms with Crippen LogP contribution in [-0.2, 0) is 17.9 Å². The molecule has 2 heterocycles. The number of hydrogen-bond acceptors (Lipinski definition) is 5. The van der Waals surface area contributed by atoms with Crippen molar-refractivity contribution in [2.75, 3.05) is 5.75 Å². The number of nitrogens with one attached hydrogen (secondary N) is 1. The minimum absolute atomic E-state index is 0.125. The molecule has 0 radical (unpaired) electrons. The molecule has 0 saturated carbocycles. The molecule has 0 spiro atoms. The number of halogens is 1. The lowest BCUT2D eigenvalue weighted by Crippen LogP contribution is -2.24. The molecule has 0 saturated heterocycles. The van der Waals surface area contributed by atoms with Gasteiger partial charge in [0.2, 0.25) is 5.91 Å². The molecular weight excluding hydrogens is 343 g/mol. The van der Waals surface area contributed by atoms with Crippen molar-refractivity contribution >= 4 is 17.7 Å². The smallest absolute Gasteiger partial charge is 0.230 e. The van der Waals surface area contributed by atoms with Crippen LogP contribution in [0.25, 0.3) is 11.6 Å². The second-order valence-corrected chi connectivity index (χ2v) is 6.16. The first kappa shape index (κ1) is 17.2. The Bertz CT molecular complexity index is 831. The molecule has 0 atom stereocenters. The number of aromatic nitrogens is 3. The molecule has 0 unspecified atom stereocenters.